The van der Waals surface area contributed by atoms with Crippen molar-refractivity contribution < 1.29 is 13.2 Å². The Morgan fingerprint density at radius 2 is 1.86 bits per heavy atom. The first kappa shape index (κ1) is 21.1. The molecule has 0 radical (unpaired) electrons. The van der Waals surface area contributed by atoms with Gasteiger partial charge in [0, 0.05) is 22.5 Å². The van der Waals surface area contributed by atoms with Crippen LogP contribution in [0.3, 0.4) is 0 Å². The molecule has 0 bridgehead atoms. The van der Waals surface area contributed by atoms with E-state index in [-0.39, 0.29) is 11.4 Å². The van der Waals surface area contributed by atoms with Gasteiger partial charge in [-0.2, -0.15) is 9.57 Å². The molecule has 1 heterocycles. The van der Waals surface area contributed by atoms with Gasteiger partial charge in [0.1, 0.15) is 0 Å². The van der Waals surface area contributed by atoms with Crippen LogP contribution in [-0.2, 0) is 14.8 Å². The number of hydrogen-bond acceptors (Lipinski definition) is 6. The fourth-order valence-electron chi connectivity index (χ4n) is 2.41. The summed E-state index contributed by atoms with van der Waals surface area (Å²) in [4.78, 5) is 16.7. The predicted molar refractivity (Wildman–Crippen MR) is 115 cm³/mol. The lowest BCUT2D eigenvalue weighted by Gasteiger charge is -2.16. The van der Waals surface area contributed by atoms with E-state index in [1.165, 1.54) is 30.5 Å². The summed E-state index contributed by atoms with van der Waals surface area (Å²) in [6.45, 7) is -0.343. The predicted octanol–water partition coefficient (Wildman–Crippen LogP) is 3.70. The number of aromatic nitrogens is 1. The van der Waals surface area contributed by atoms with E-state index in [0.29, 0.717) is 16.4 Å². The molecule has 0 fully saturated rings. The molecule has 0 atom stereocenters. The van der Waals surface area contributed by atoms with Gasteiger partial charge in [-0.25, -0.2) is 13.4 Å². The van der Waals surface area contributed by atoms with Gasteiger partial charge in [0.05, 0.1) is 28.8 Å². The second-order valence-electron chi connectivity index (χ2n) is 5.99. The van der Waals surface area contributed by atoms with Crippen molar-refractivity contribution in [3.05, 3.63) is 63.9 Å². The molecule has 2 aromatic carbocycles. The average molecular weight is 491 g/mol. The number of thiazole rings is 1. The molecule has 3 rings (SSSR count). The molecule has 148 valence electrons. The monoisotopic (exact) mass is 490 g/mol. The van der Waals surface area contributed by atoms with Gasteiger partial charge in [0.25, 0.3) is 0 Å². The Bertz CT molecular complexity index is 1170. The minimum atomic E-state index is -3.78. The molecule has 1 amide bonds. The van der Waals surface area contributed by atoms with E-state index in [0.717, 1.165) is 14.3 Å². The summed E-state index contributed by atoms with van der Waals surface area (Å²) >= 11 is 4.49. The summed E-state index contributed by atoms with van der Waals surface area (Å²) in [5, 5.41) is 13.6. The third-order valence-electron chi connectivity index (χ3n) is 3.95. The highest BCUT2D eigenvalue weighted by Crippen LogP contribution is 2.25. The third kappa shape index (κ3) is 5.07. The lowest BCUT2D eigenvalue weighted by molar-refractivity contribution is -0.116. The number of rotatable bonds is 6. The summed E-state index contributed by atoms with van der Waals surface area (Å²) in [5.41, 5.74) is 2.02. The highest BCUT2D eigenvalue weighted by molar-refractivity contribution is 9.10. The minimum Gasteiger partial charge on any atom is -0.301 e. The number of carbonyl (C=O) groups is 1. The van der Waals surface area contributed by atoms with E-state index in [4.69, 9.17) is 5.26 Å². The van der Waals surface area contributed by atoms with Crippen molar-refractivity contribution >= 4 is 48.3 Å². The van der Waals surface area contributed by atoms with Crippen LogP contribution in [0.4, 0.5) is 5.13 Å². The normalized spacial score (nSPS) is 11.2. The van der Waals surface area contributed by atoms with E-state index in [9.17, 15) is 13.2 Å². The van der Waals surface area contributed by atoms with Gasteiger partial charge in [-0.3, -0.25) is 4.79 Å². The van der Waals surface area contributed by atoms with Gasteiger partial charge in [0.15, 0.2) is 5.13 Å². The number of likely N-dealkylation sites (N-methyl/N-ethyl adjacent to an activating group) is 1. The van der Waals surface area contributed by atoms with Crippen molar-refractivity contribution in [2.45, 2.75) is 4.90 Å². The second-order valence-corrected chi connectivity index (χ2v) is 9.81. The quantitative estimate of drug-likeness (QED) is 0.567. The molecule has 0 aliphatic heterocycles. The van der Waals surface area contributed by atoms with Gasteiger partial charge >= 0.3 is 0 Å². The number of nitriles is 1. The molecule has 1 aromatic heterocycles. The molecule has 0 aliphatic carbocycles. The van der Waals surface area contributed by atoms with Crippen LogP contribution >= 0.6 is 27.3 Å². The Balaban J connectivity index is 1.65. The zero-order chi connectivity index (χ0) is 21.0. The first-order valence-electron chi connectivity index (χ1n) is 8.27. The number of benzene rings is 2. The van der Waals surface area contributed by atoms with Crippen molar-refractivity contribution in [1.82, 2.24) is 9.29 Å². The Labute approximate surface area is 180 Å². The second kappa shape index (κ2) is 8.84. The molecule has 0 aliphatic rings. The number of nitrogens with zero attached hydrogens (tertiary/aromatic N) is 3. The molecule has 3 aromatic rings. The molecule has 7 nitrogen and oxygen atoms in total. The minimum absolute atomic E-state index is 0.105. The Hall–Kier alpha value is -2.58. The maximum absolute atomic E-state index is 12.6. The van der Waals surface area contributed by atoms with Crippen molar-refractivity contribution in [3.63, 3.8) is 0 Å². The van der Waals surface area contributed by atoms with Crippen molar-refractivity contribution in [2.24, 2.45) is 0 Å². The van der Waals surface area contributed by atoms with Gasteiger partial charge in [0.2, 0.25) is 15.9 Å². The molecule has 0 saturated heterocycles. The highest BCUT2D eigenvalue weighted by Gasteiger charge is 2.23. The van der Waals surface area contributed by atoms with Crippen molar-refractivity contribution in [1.29, 1.82) is 5.26 Å². The van der Waals surface area contributed by atoms with Gasteiger partial charge in [-0.15, -0.1) is 11.3 Å². The first-order chi connectivity index (χ1) is 13.8. The lowest BCUT2D eigenvalue weighted by Crippen LogP contribution is -2.34. The van der Waals surface area contributed by atoms with Gasteiger partial charge < -0.3 is 5.32 Å². The molecule has 0 spiro atoms. The lowest BCUT2D eigenvalue weighted by atomic mass is 10.1. The molecular weight excluding hydrogens is 476 g/mol. The molecular formula is C19H15BrN4O3S2. The van der Waals surface area contributed by atoms with Crippen LogP contribution in [0.25, 0.3) is 11.3 Å². The number of carbonyl (C=O) groups excluding carboxylic acids is 1. The Kier molecular flexibility index (Phi) is 6.44. The number of anilines is 1. The van der Waals surface area contributed by atoms with Crippen LogP contribution in [0.1, 0.15) is 5.56 Å². The summed E-state index contributed by atoms with van der Waals surface area (Å²) in [6, 6.07) is 15.2. The fourth-order valence-corrected chi connectivity index (χ4v) is 4.54. The molecule has 10 heteroatoms. The zero-order valence-electron chi connectivity index (χ0n) is 15.2. The highest BCUT2D eigenvalue weighted by atomic mass is 79.9. The number of halogens is 1. The van der Waals surface area contributed by atoms with Gasteiger partial charge in [-0.1, -0.05) is 28.1 Å². The smallest absolute Gasteiger partial charge is 0.243 e. The standard InChI is InChI=1S/C19H15BrN4O3S2/c1-24(29(26,27)16-8-6-15(20)7-9-16)11-18(25)23-19-22-17(12-28-19)14-4-2-13(10-21)3-5-14/h2-9,12H,11H2,1H3,(H,22,23,25). The van der Waals surface area contributed by atoms with Crippen LogP contribution in [0, 0.1) is 11.3 Å². The number of sulfonamides is 1. The Morgan fingerprint density at radius 3 is 2.48 bits per heavy atom. The topological polar surface area (TPSA) is 103 Å². The zero-order valence-corrected chi connectivity index (χ0v) is 18.4. The molecule has 0 unspecified atom stereocenters. The maximum Gasteiger partial charge on any atom is 0.243 e. The maximum atomic E-state index is 12.6. The average Bonchev–Trinajstić information content (AvgIpc) is 3.16. The first-order valence-corrected chi connectivity index (χ1v) is 11.4. The van der Waals surface area contributed by atoms with E-state index < -0.39 is 15.9 Å². The molecule has 29 heavy (non-hydrogen) atoms. The van der Waals surface area contributed by atoms with Crippen LogP contribution in [0.15, 0.2) is 63.3 Å². The fraction of sp³-hybridized carbons (Fsp3) is 0.105. The third-order valence-corrected chi connectivity index (χ3v) is 7.05. The summed E-state index contributed by atoms with van der Waals surface area (Å²) in [6.07, 6.45) is 0. The van der Waals surface area contributed by atoms with E-state index in [1.807, 2.05) is 0 Å². The number of nitrogens with one attached hydrogen (secondary N) is 1. The molecule has 0 saturated carbocycles. The van der Waals surface area contributed by atoms with Gasteiger partial charge in [-0.05, 0) is 36.4 Å². The van der Waals surface area contributed by atoms with Crippen LogP contribution < -0.4 is 5.32 Å². The SMILES string of the molecule is CN(CC(=O)Nc1nc(-c2ccc(C#N)cc2)cs1)S(=O)(=O)c1ccc(Br)cc1. The van der Waals surface area contributed by atoms with Crippen LogP contribution in [0.5, 0.6) is 0 Å². The summed E-state index contributed by atoms with van der Waals surface area (Å²) < 4.78 is 26.9. The number of amides is 1. The molecule has 1 N–H and O–H groups in total. The summed E-state index contributed by atoms with van der Waals surface area (Å²) in [7, 11) is -2.43. The van der Waals surface area contributed by atoms with E-state index >= 15 is 0 Å². The van der Waals surface area contributed by atoms with E-state index in [2.05, 4.69) is 32.3 Å². The summed E-state index contributed by atoms with van der Waals surface area (Å²) in [5.74, 6) is -0.492. The largest absolute Gasteiger partial charge is 0.301 e. The van der Waals surface area contributed by atoms with E-state index in [1.54, 1.807) is 41.8 Å². The van der Waals surface area contributed by atoms with Crippen molar-refractivity contribution in [3.8, 4) is 17.3 Å². The van der Waals surface area contributed by atoms with Crippen molar-refractivity contribution in [2.75, 3.05) is 18.9 Å². The number of hydrogen-bond donors (Lipinski definition) is 1. The van der Waals surface area contributed by atoms with Crippen LogP contribution in [-0.4, -0.2) is 37.2 Å². The Morgan fingerprint density at radius 1 is 1.21 bits per heavy atom. The van der Waals surface area contributed by atoms with Crippen LogP contribution in [0.2, 0.25) is 0 Å².